The fraction of sp³-hybridized carbons (Fsp3) is 0.410. The van der Waals surface area contributed by atoms with Crippen molar-refractivity contribution < 1.29 is 36.7 Å². The van der Waals surface area contributed by atoms with Crippen molar-refractivity contribution in [1.82, 2.24) is 25.6 Å². The molecule has 298 valence electrons. The number of amides is 2. The molecule has 55 heavy (non-hydrogen) atoms. The van der Waals surface area contributed by atoms with Crippen LogP contribution in [0.25, 0.3) is 16.3 Å². The highest BCUT2D eigenvalue weighted by atomic mass is 32.2. The van der Waals surface area contributed by atoms with Crippen LogP contribution >= 0.6 is 13.5 Å². The molecule has 3 aromatic heterocycles. The molecule has 1 unspecified atom stereocenters. The summed E-state index contributed by atoms with van der Waals surface area (Å²) in [6, 6.07) is 13.2. The van der Waals surface area contributed by atoms with Crippen LogP contribution in [-0.2, 0) is 19.3 Å². The first-order valence-electron chi connectivity index (χ1n) is 17.0. The van der Waals surface area contributed by atoms with Gasteiger partial charge in [0.15, 0.2) is 18.4 Å². The molecule has 2 N–H and O–H groups in total. The zero-order valence-electron chi connectivity index (χ0n) is 33.1. The lowest BCUT2D eigenvalue weighted by Crippen LogP contribution is -2.34. The number of hydrogen-bond donors (Lipinski definition) is 2. The third-order valence-corrected chi connectivity index (χ3v) is 9.07. The fourth-order valence-corrected chi connectivity index (χ4v) is 5.26. The Morgan fingerprint density at radius 3 is 1.65 bits per heavy atom. The molecule has 4 aromatic rings. The van der Waals surface area contributed by atoms with Gasteiger partial charge >= 0.3 is 17.6 Å². The summed E-state index contributed by atoms with van der Waals surface area (Å²) in [5.74, 6) is 0.652. The number of aryl methyl sites for hydroxylation is 2. The fourth-order valence-electron chi connectivity index (χ4n) is 4.22. The van der Waals surface area contributed by atoms with Crippen LogP contribution in [0.15, 0.2) is 76.6 Å². The van der Waals surface area contributed by atoms with Gasteiger partial charge in [-0.25, -0.2) is 29.6 Å². The van der Waals surface area contributed by atoms with Crippen molar-refractivity contribution in [3.63, 3.8) is 0 Å². The summed E-state index contributed by atoms with van der Waals surface area (Å²) >= 11 is 0. The van der Waals surface area contributed by atoms with Gasteiger partial charge in [-0.3, -0.25) is 19.6 Å². The summed E-state index contributed by atoms with van der Waals surface area (Å²) in [6.45, 7) is 26.4. The Kier molecular flexibility index (Phi) is 18.2. The van der Waals surface area contributed by atoms with Gasteiger partial charge in [0.25, 0.3) is 9.84 Å². The highest BCUT2D eigenvalue weighted by molar-refractivity contribution is 7.92. The molecule has 0 bridgehead atoms. The zero-order chi connectivity index (χ0) is 40.9. The summed E-state index contributed by atoms with van der Waals surface area (Å²) in [5.41, 5.74) is 3.52. The van der Waals surface area contributed by atoms with Crippen molar-refractivity contribution in [1.29, 1.82) is 0 Å². The van der Waals surface area contributed by atoms with Crippen LogP contribution in [0.3, 0.4) is 0 Å². The first-order chi connectivity index (χ1) is 25.1. The molecule has 0 saturated carbocycles. The maximum Gasteiger partial charge on any atom is 0.408 e. The number of benzene rings is 1. The summed E-state index contributed by atoms with van der Waals surface area (Å²) in [5, 5.41) is 4.47. The molecular weight excluding hydrogens is 745 g/mol. The average Bonchev–Trinajstić information content (AvgIpc) is 3.52. The molecule has 0 aliphatic rings. The monoisotopic (exact) mass is 796 g/mol. The predicted molar refractivity (Wildman–Crippen MR) is 214 cm³/mol. The van der Waals surface area contributed by atoms with E-state index in [1.54, 1.807) is 57.4 Å². The minimum Gasteiger partial charge on any atom is -0.444 e. The second-order valence-electron chi connectivity index (χ2n) is 14.2. The third kappa shape index (κ3) is 16.3. The standard InChI is InChI=1S/C16H21N3O3.C13H18N2O3.C10H11NO2S.H2S/c1-10(19-15(20)22-16(3,4)5)12-6-7-13(17-8-12)14-11(2)18-9-21-14;1-9(15-12(17)18-13(2,3)4)10-5-6-11(8-16)14-7-10;1-8-4-6-10(7-5-8)14(12,13)9(2)11-3;/h6-10H,1-5H3,(H,19,20);5-9H,1-4H3,(H,15,17);4-7,9H,1-2H3;1H2/t10-;9-;;/m00../s1. The van der Waals surface area contributed by atoms with E-state index >= 15 is 0 Å². The van der Waals surface area contributed by atoms with Gasteiger partial charge in [-0.1, -0.05) is 29.8 Å². The van der Waals surface area contributed by atoms with Gasteiger partial charge in [-0.15, -0.1) is 0 Å². The molecule has 14 nitrogen and oxygen atoms in total. The number of carbonyl (C=O) groups is 3. The molecule has 0 fully saturated rings. The van der Waals surface area contributed by atoms with E-state index in [9.17, 15) is 22.8 Å². The van der Waals surface area contributed by atoms with Gasteiger partial charge in [0.05, 0.1) is 22.7 Å². The number of ether oxygens (including phenoxy) is 2. The topological polar surface area (TPSA) is 184 Å². The minimum absolute atomic E-state index is 0. The normalized spacial score (nSPS) is 12.6. The van der Waals surface area contributed by atoms with E-state index in [1.165, 1.54) is 25.5 Å². The second kappa shape index (κ2) is 21.0. The molecule has 3 heterocycles. The molecule has 0 saturated heterocycles. The maximum absolute atomic E-state index is 11.8. The number of aldehydes is 1. The number of alkyl carbamates (subject to hydrolysis) is 2. The van der Waals surface area contributed by atoms with Crippen molar-refractivity contribution in [3.8, 4) is 11.5 Å². The van der Waals surface area contributed by atoms with Crippen molar-refractivity contribution in [2.45, 2.75) is 110 Å². The number of nitrogens with one attached hydrogen (secondary N) is 2. The molecule has 4 rings (SSSR count). The third-order valence-electron chi connectivity index (χ3n) is 7.14. The number of nitrogens with zero attached hydrogens (tertiary/aromatic N) is 4. The number of rotatable bonds is 8. The first kappa shape index (κ1) is 47.8. The SMILES string of the molecule is C[C@H](NC(=O)OC(C)(C)C)c1ccc(C=O)nc1.Cc1ncoc1-c1ccc([C@H](C)NC(=O)OC(C)(C)C)cn1.S.[C-]#[N+]C(C)S(=O)(=O)c1ccc(C)cc1. The molecule has 2 amide bonds. The molecule has 0 aliphatic carbocycles. The van der Waals surface area contributed by atoms with Crippen LogP contribution in [0, 0.1) is 20.4 Å². The summed E-state index contributed by atoms with van der Waals surface area (Å²) < 4.78 is 39.0. The van der Waals surface area contributed by atoms with Crippen molar-refractivity contribution in [2.24, 2.45) is 0 Å². The van der Waals surface area contributed by atoms with Crippen LogP contribution in [-0.4, -0.2) is 58.4 Å². The van der Waals surface area contributed by atoms with Crippen LogP contribution in [0.1, 0.15) is 107 Å². The van der Waals surface area contributed by atoms with E-state index in [1.807, 2.05) is 60.6 Å². The number of sulfone groups is 1. The first-order valence-corrected chi connectivity index (χ1v) is 18.5. The lowest BCUT2D eigenvalue weighted by molar-refractivity contribution is 0.0496. The Bertz CT molecular complexity index is 1980. The number of carbonyl (C=O) groups excluding carboxylic acids is 3. The Labute approximate surface area is 331 Å². The van der Waals surface area contributed by atoms with E-state index in [4.69, 9.17) is 20.5 Å². The van der Waals surface area contributed by atoms with Gasteiger partial charge in [-0.05, 0) is 105 Å². The zero-order valence-corrected chi connectivity index (χ0v) is 34.9. The van der Waals surface area contributed by atoms with Crippen LogP contribution < -0.4 is 10.6 Å². The van der Waals surface area contributed by atoms with Gasteiger partial charge in [0, 0.05) is 19.3 Å². The number of hydrogen-bond acceptors (Lipinski definition) is 11. The number of aromatic nitrogens is 3. The predicted octanol–water partition coefficient (Wildman–Crippen LogP) is 8.26. The molecule has 3 atom stereocenters. The average molecular weight is 797 g/mol. The molecule has 0 radical (unpaired) electrons. The smallest absolute Gasteiger partial charge is 0.408 e. The Balaban J connectivity index is 0.000000419. The number of pyridine rings is 2. The molecule has 1 aromatic carbocycles. The molecule has 0 aliphatic heterocycles. The van der Waals surface area contributed by atoms with E-state index in [-0.39, 0.29) is 30.5 Å². The van der Waals surface area contributed by atoms with Crippen LogP contribution in [0.4, 0.5) is 9.59 Å². The van der Waals surface area contributed by atoms with Crippen molar-refractivity contribution in [3.05, 3.63) is 107 Å². The molecular formula is C39H52N6O8S2. The van der Waals surface area contributed by atoms with E-state index < -0.39 is 38.6 Å². The quantitative estimate of drug-likeness (QED) is 0.129. The van der Waals surface area contributed by atoms with Gasteiger partial charge in [-0.2, -0.15) is 13.5 Å². The molecule has 0 spiro atoms. The summed E-state index contributed by atoms with van der Waals surface area (Å²) in [6.07, 6.45) is 4.41. The second-order valence-corrected chi connectivity index (χ2v) is 16.4. The van der Waals surface area contributed by atoms with Crippen molar-refractivity contribution in [2.75, 3.05) is 0 Å². The van der Waals surface area contributed by atoms with E-state index in [2.05, 4.69) is 30.4 Å². The maximum atomic E-state index is 11.8. The summed E-state index contributed by atoms with van der Waals surface area (Å²) in [7, 11) is -3.46. The van der Waals surface area contributed by atoms with Crippen LogP contribution in [0.5, 0.6) is 0 Å². The van der Waals surface area contributed by atoms with Crippen molar-refractivity contribution >= 4 is 41.8 Å². The number of oxazole rings is 1. The Morgan fingerprint density at radius 2 is 1.29 bits per heavy atom. The Hall–Kier alpha value is -5.27. The van der Waals surface area contributed by atoms with Gasteiger partial charge in [0.2, 0.25) is 0 Å². The van der Waals surface area contributed by atoms with E-state index in [0.29, 0.717) is 23.4 Å². The van der Waals surface area contributed by atoms with Gasteiger partial charge < -0.3 is 24.5 Å². The lowest BCUT2D eigenvalue weighted by Gasteiger charge is -2.22. The highest BCUT2D eigenvalue weighted by Gasteiger charge is 2.27. The van der Waals surface area contributed by atoms with Gasteiger partial charge in [0.1, 0.15) is 22.6 Å². The largest absolute Gasteiger partial charge is 0.444 e. The highest BCUT2D eigenvalue weighted by Crippen LogP contribution is 2.22. The molecule has 16 heteroatoms. The Morgan fingerprint density at radius 1 is 0.800 bits per heavy atom. The summed E-state index contributed by atoms with van der Waals surface area (Å²) in [4.78, 5) is 49.4. The lowest BCUT2D eigenvalue weighted by atomic mass is 10.1. The minimum atomic E-state index is -3.46. The van der Waals surface area contributed by atoms with Crippen LogP contribution in [0.2, 0.25) is 0 Å². The van der Waals surface area contributed by atoms with E-state index in [0.717, 1.165) is 22.4 Å².